The molecule has 2 N–H and O–H groups in total. The van der Waals surface area contributed by atoms with Crippen LogP contribution in [0.5, 0.6) is 0 Å². The zero-order valence-corrected chi connectivity index (χ0v) is 17.6. The number of rotatable bonds is 7. The molecule has 0 spiro atoms. The van der Waals surface area contributed by atoms with Crippen molar-refractivity contribution in [2.24, 2.45) is 0 Å². The van der Waals surface area contributed by atoms with Crippen LogP contribution in [0.3, 0.4) is 0 Å². The Bertz CT molecular complexity index is 1120. The van der Waals surface area contributed by atoms with Crippen LogP contribution >= 0.6 is 0 Å². The molecule has 1 aromatic heterocycles. The van der Waals surface area contributed by atoms with Crippen LogP contribution in [0.15, 0.2) is 54.6 Å². The number of aromatic nitrogens is 2. The SMILES string of the molecule is COC(=O)CNC(=O)c1cccc(NC(=O)c2cccc(Cn3nc(C)cc3C)c2)c1. The van der Waals surface area contributed by atoms with Crippen molar-refractivity contribution >= 4 is 23.5 Å². The maximum absolute atomic E-state index is 12.7. The second-order valence-corrected chi connectivity index (χ2v) is 7.08. The van der Waals surface area contributed by atoms with Gasteiger partial charge in [0.1, 0.15) is 6.54 Å². The number of anilines is 1. The molecule has 0 radical (unpaired) electrons. The number of nitrogens with zero attached hydrogens (tertiary/aromatic N) is 2. The molecule has 2 aromatic carbocycles. The Morgan fingerprint density at radius 3 is 2.35 bits per heavy atom. The molecule has 3 rings (SSSR count). The van der Waals surface area contributed by atoms with Crippen LogP contribution in [0.4, 0.5) is 5.69 Å². The van der Waals surface area contributed by atoms with Crippen LogP contribution in [0, 0.1) is 13.8 Å². The number of carbonyl (C=O) groups excluding carboxylic acids is 3. The van der Waals surface area contributed by atoms with Crippen molar-refractivity contribution < 1.29 is 19.1 Å². The number of hydrogen-bond donors (Lipinski definition) is 2. The summed E-state index contributed by atoms with van der Waals surface area (Å²) in [4.78, 5) is 36.1. The fourth-order valence-electron chi connectivity index (χ4n) is 3.09. The quantitative estimate of drug-likeness (QED) is 0.572. The first-order valence-corrected chi connectivity index (χ1v) is 9.72. The lowest BCUT2D eigenvalue weighted by molar-refractivity contribution is -0.139. The molecule has 0 aliphatic carbocycles. The molecule has 0 saturated carbocycles. The number of benzene rings is 2. The van der Waals surface area contributed by atoms with Crippen LogP contribution in [0.2, 0.25) is 0 Å². The normalized spacial score (nSPS) is 10.4. The standard InChI is InChI=1S/C23H24N4O4/c1-15-10-16(2)27(26-15)14-17-6-4-7-18(11-17)23(30)25-20-9-5-8-19(12-20)22(29)24-13-21(28)31-3/h4-12H,13-14H2,1-3H3,(H,24,29)(H,25,30). The predicted molar refractivity (Wildman–Crippen MR) is 116 cm³/mol. The second-order valence-electron chi connectivity index (χ2n) is 7.08. The molecule has 0 atom stereocenters. The number of hydrogen-bond acceptors (Lipinski definition) is 5. The van der Waals surface area contributed by atoms with E-state index in [0.717, 1.165) is 17.0 Å². The molecule has 31 heavy (non-hydrogen) atoms. The highest BCUT2D eigenvalue weighted by molar-refractivity contribution is 6.05. The first-order valence-electron chi connectivity index (χ1n) is 9.72. The summed E-state index contributed by atoms with van der Waals surface area (Å²) in [6.45, 7) is 4.27. The summed E-state index contributed by atoms with van der Waals surface area (Å²) >= 11 is 0. The summed E-state index contributed by atoms with van der Waals surface area (Å²) in [6, 6.07) is 15.8. The fraction of sp³-hybridized carbons (Fsp3) is 0.217. The van der Waals surface area contributed by atoms with Crippen LogP contribution in [0.25, 0.3) is 0 Å². The number of ether oxygens (including phenoxy) is 1. The van der Waals surface area contributed by atoms with Crippen LogP contribution in [-0.4, -0.2) is 41.2 Å². The Morgan fingerprint density at radius 2 is 1.68 bits per heavy atom. The van der Waals surface area contributed by atoms with E-state index >= 15 is 0 Å². The monoisotopic (exact) mass is 420 g/mol. The minimum absolute atomic E-state index is 0.228. The average molecular weight is 420 g/mol. The van der Waals surface area contributed by atoms with Crippen molar-refractivity contribution in [3.05, 3.63) is 82.7 Å². The van der Waals surface area contributed by atoms with Gasteiger partial charge in [0.2, 0.25) is 0 Å². The Labute approximate surface area is 180 Å². The lowest BCUT2D eigenvalue weighted by Gasteiger charge is -2.10. The van der Waals surface area contributed by atoms with Gasteiger partial charge in [-0.1, -0.05) is 18.2 Å². The summed E-state index contributed by atoms with van der Waals surface area (Å²) in [5, 5.41) is 9.72. The van der Waals surface area contributed by atoms with E-state index in [-0.39, 0.29) is 12.5 Å². The molecule has 0 unspecified atom stereocenters. The summed E-state index contributed by atoms with van der Waals surface area (Å²) in [6.07, 6.45) is 0. The largest absolute Gasteiger partial charge is 0.468 e. The van der Waals surface area contributed by atoms with Crippen LogP contribution in [-0.2, 0) is 16.1 Å². The number of esters is 1. The lowest BCUT2D eigenvalue weighted by Crippen LogP contribution is -2.30. The van der Waals surface area contributed by atoms with Gasteiger partial charge in [-0.25, -0.2) is 0 Å². The molecular weight excluding hydrogens is 396 g/mol. The van der Waals surface area contributed by atoms with E-state index in [1.165, 1.54) is 7.11 Å². The topological polar surface area (TPSA) is 102 Å². The molecule has 0 saturated heterocycles. The van der Waals surface area contributed by atoms with Gasteiger partial charge in [-0.2, -0.15) is 5.10 Å². The number of aryl methyl sites for hydroxylation is 2. The van der Waals surface area contributed by atoms with Gasteiger partial charge in [0, 0.05) is 22.5 Å². The van der Waals surface area contributed by atoms with Gasteiger partial charge in [0.25, 0.3) is 11.8 Å². The van der Waals surface area contributed by atoms with Gasteiger partial charge in [0.05, 0.1) is 19.3 Å². The average Bonchev–Trinajstić information content (AvgIpc) is 3.08. The minimum atomic E-state index is -0.543. The summed E-state index contributed by atoms with van der Waals surface area (Å²) in [5.41, 5.74) is 4.24. The van der Waals surface area contributed by atoms with E-state index in [1.807, 2.05) is 42.8 Å². The Kier molecular flexibility index (Phi) is 6.81. The van der Waals surface area contributed by atoms with Crippen molar-refractivity contribution in [3.63, 3.8) is 0 Å². The van der Waals surface area contributed by atoms with E-state index in [9.17, 15) is 14.4 Å². The Balaban J connectivity index is 1.68. The third kappa shape index (κ3) is 5.79. The summed E-state index contributed by atoms with van der Waals surface area (Å²) in [7, 11) is 1.25. The third-order valence-electron chi connectivity index (χ3n) is 4.63. The van der Waals surface area contributed by atoms with E-state index in [0.29, 0.717) is 23.4 Å². The highest BCUT2D eigenvalue weighted by Gasteiger charge is 2.12. The summed E-state index contributed by atoms with van der Waals surface area (Å²) < 4.78 is 6.39. The van der Waals surface area contributed by atoms with Gasteiger partial charge in [0.15, 0.2) is 0 Å². The van der Waals surface area contributed by atoms with Crippen molar-refractivity contribution in [2.75, 3.05) is 19.0 Å². The van der Waals surface area contributed by atoms with Gasteiger partial charge >= 0.3 is 5.97 Å². The fourth-order valence-corrected chi connectivity index (χ4v) is 3.09. The summed E-state index contributed by atoms with van der Waals surface area (Å²) in [5.74, 6) is -1.27. The smallest absolute Gasteiger partial charge is 0.325 e. The Morgan fingerprint density at radius 1 is 0.968 bits per heavy atom. The molecule has 3 aromatic rings. The lowest BCUT2D eigenvalue weighted by atomic mass is 10.1. The maximum Gasteiger partial charge on any atom is 0.325 e. The minimum Gasteiger partial charge on any atom is -0.468 e. The molecule has 1 heterocycles. The molecule has 0 aliphatic rings. The molecule has 160 valence electrons. The van der Waals surface area contributed by atoms with E-state index < -0.39 is 11.9 Å². The highest BCUT2D eigenvalue weighted by Crippen LogP contribution is 2.14. The first kappa shape index (κ1) is 21.8. The van der Waals surface area contributed by atoms with Crippen LogP contribution < -0.4 is 10.6 Å². The van der Waals surface area contributed by atoms with Gasteiger partial charge in [-0.3, -0.25) is 19.1 Å². The van der Waals surface area contributed by atoms with Crippen molar-refractivity contribution in [3.8, 4) is 0 Å². The zero-order chi connectivity index (χ0) is 22.4. The van der Waals surface area contributed by atoms with Gasteiger partial charge < -0.3 is 15.4 Å². The molecule has 2 amide bonds. The molecule has 8 heteroatoms. The van der Waals surface area contributed by atoms with E-state index in [4.69, 9.17) is 0 Å². The van der Waals surface area contributed by atoms with E-state index in [2.05, 4.69) is 20.5 Å². The number of nitrogens with one attached hydrogen (secondary N) is 2. The zero-order valence-electron chi connectivity index (χ0n) is 17.6. The third-order valence-corrected chi connectivity index (χ3v) is 4.63. The number of carbonyl (C=O) groups is 3. The highest BCUT2D eigenvalue weighted by atomic mass is 16.5. The molecule has 0 fully saturated rings. The second kappa shape index (κ2) is 9.71. The van der Waals surface area contributed by atoms with Gasteiger partial charge in [-0.15, -0.1) is 0 Å². The Hall–Kier alpha value is -3.94. The number of methoxy groups -OCH3 is 1. The van der Waals surface area contributed by atoms with Crippen molar-refractivity contribution in [1.29, 1.82) is 0 Å². The predicted octanol–water partition coefficient (Wildman–Crippen LogP) is 2.70. The van der Waals surface area contributed by atoms with Crippen LogP contribution in [0.1, 0.15) is 37.7 Å². The molecular formula is C23H24N4O4. The van der Waals surface area contributed by atoms with Gasteiger partial charge in [-0.05, 0) is 55.8 Å². The van der Waals surface area contributed by atoms with Crippen molar-refractivity contribution in [1.82, 2.24) is 15.1 Å². The molecule has 0 bridgehead atoms. The first-order chi connectivity index (χ1) is 14.9. The number of amides is 2. The molecule has 0 aliphatic heterocycles. The molecule has 8 nitrogen and oxygen atoms in total. The van der Waals surface area contributed by atoms with Crippen molar-refractivity contribution in [2.45, 2.75) is 20.4 Å². The van der Waals surface area contributed by atoms with E-state index in [1.54, 1.807) is 30.3 Å². The maximum atomic E-state index is 12.7.